The molecule has 1 aromatic heterocycles. The van der Waals surface area contributed by atoms with E-state index in [2.05, 4.69) is 15.9 Å². The third-order valence-electron chi connectivity index (χ3n) is 3.71. The standard InChI is InChI=1S/C15H15BrN2O3/c1-10-13(16)14(19)11-4-2-3-5-12(11)18(10)15(20)17-6-8-21-9-7-17/h2-5H,6-9H2,1H3. The zero-order chi connectivity index (χ0) is 15.0. The molecule has 0 radical (unpaired) electrons. The maximum Gasteiger partial charge on any atom is 0.329 e. The molecule has 1 aliphatic heterocycles. The van der Waals surface area contributed by atoms with Gasteiger partial charge in [0.25, 0.3) is 0 Å². The summed E-state index contributed by atoms with van der Waals surface area (Å²) >= 11 is 3.31. The second kappa shape index (κ2) is 5.61. The summed E-state index contributed by atoms with van der Waals surface area (Å²) in [4.78, 5) is 26.9. The monoisotopic (exact) mass is 350 g/mol. The first-order valence-electron chi connectivity index (χ1n) is 6.78. The number of fused-ring (bicyclic) bond motifs is 1. The molecule has 0 N–H and O–H groups in total. The molecule has 0 aliphatic carbocycles. The largest absolute Gasteiger partial charge is 0.378 e. The van der Waals surface area contributed by atoms with Crippen molar-refractivity contribution in [2.24, 2.45) is 0 Å². The molecule has 2 aromatic rings. The second-order valence-electron chi connectivity index (χ2n) is 4.96. The van der Waals surface area contributed by atoms with E-state index >= 15 is 0 Å². The first-order chi connectivity index (χ1) is 10.1. The molecule has 1 fully saturated rings. The minimum atomic E-state index is -0.118. The molecule has 3 rings (SSSR count). The van der Waals surface area contributed by atoms with Crippen LogP contribution in [-0.2, 0) is 4.74 Å². The Balaban J connectivity index is 2.21. The van der Waals surface area contributed by atoms with E-state index in [0.717, 1.165) is 0 Å². The Labute approximate surface area is 130 Å². The quantitative estimate of drug-likeness (QED) is 0.732. The average molecular weight is 351 g/mol. The lowest BCUT2D eigenvalue weighted by Crippen LogP contribution is -2.43. The molecule has 21 heavy (non-hydrogen) atoms. The predicted octanol–water partition coefficient (Wildman–Crippen LogP) is 2.37. The van der Waals surface area contributed by atoms with Crippen molar-refractivity contribution in [1.82, 2.24) is 9.47 Å². The lowest BCUT2D eigenvalue weighted by Gasteiger charge is -2.28. The Morgan fingerprint density at radius 2 is 1.90 bits per heavy atom. The van der Waals surface area contributed by atoms with Gasteiger partial charge in [0.2, 0.25) is 5.43 Å². The van der Waals surface area contributed by atoms with Crippen molar-refractivity contribution in [3.8, 4) is 0 Å². The van der Waals surface area contributed by atoms with Crippen LogP contribution in [0.3, 0.4) is 0 Å². The number of nitrogens with zero attached hydrogens (tertiary/aromatic N) is 2. The number of ether oxygens (including phenoxy) is 1. The number of amides is 1. The zero-order valence-corrected chi connectivity index (χ0v) is 13.2. The molecular formula is C15H15BrN2O3. The lowest BCUT2D eigenvalue weighted by atomic mass is 10.2. The summed E-state index contributed by atoms with van der Waals surface area (Å²) < 4.78 is 7.32. The summed E-state index contributed by atoms with van der Waals surface area (Å²) in [6.45, 7) is 4.00. The van der Waals surface area contributed by atoms with Crippen LogP contribution < -0.4 is 5.43 Å². The van der Waals surface area contributed by atoms with E-state index < -0.39 is 0 Å². The van der Waals surface area contributed by atoms with Gasteiger partial charge in [-0.2, -0.15) is 0 Å². The van der Waals surface area contributed by atoms with E-state index in [1.54, 1.807) is 34.6 Å². The van der Waals surface area contributed by atoms with Crippen LogP contribution in [0.4, 0.5) is 4.79 Å². The van der Waals surface area contributed by atoms with E-state index in [4.69, 9.17) is 4.74 Å². The molecule has 0 bridgehead atoms. The highest BCUT2D eigenvalue weighted by atomic mass is 79.9. The van der Waals surface area contributed by atoms with Crippen molar-refractivity contribution in [1.29, 1.82) is 0 Å². The summed E-state index contributed by atoms with van der Waals surface area (Å²) in [6, 6.07) is 7.06. The van der Waals surface area contributed by atoms with Gasteiger partial charge in [0.15, 0.2) is 0 Å². The summed E-state index contributed by atoms with van der Waals surface area (Å²) in [7, 11) is 0. The number of hydrogen-bond acceptors (Lipinski definition) is 3. The Bertz CT molecular complexity index is 763. The van der Waals surface area contributed by atoms with Crippen LogP contribution in [0, 0.1) is 6.92 Å². The molecule has 1 aromatic carbocycles. The van der Waals surface area contributed by atoms with Crippen molar-refractivity contribution < 1.29 is 9.53 Å². The number of aromatic nitrogens is 1. The molecule has 0 saturated carbocycles. The van der Waals surface area contributed by atoms with Crippen molar-refractivity contribution in [3.05, 3.63) is 44.7 Å². The van der Waals surface area contributed by atoms with Crippen LogP contribution in [-0.4, -0.2) is 41.8 Å². The molecule has 0 unspecified atom stereocenters. The Kier molecular flexibility index (Phi) is 3.82. The minimum absolute atomic E-state index is 0.0888. The Morgan fingerprint density at radius 1 is 1.24 bits per heavy atom. The number of para-hydroxylation sites is 1. The predicted molar refractivity (Wildman–Crippen MR) is 83.8 cm³/mol. The van der Waals surface area contributed by atoms with Crippen LogP contribution in [0.5, 0.6) is 0 Å². The van der Waals surface area contributed by atoms with E-state index in [-0.39, 0.29) is 11.5 Å². The SMILES string of the molecule is Cc1c(Br)c(=O)c2ccccc2n1C(=O)N1CCOCC1. The normalized spacial score (nSPS) is 15.4. The lowest BCUT2D eigenvalue weighted by molar-refractivity contribution is 0.0536. The number of carbonyl (C=O) groups is 1. The third kappa shape index (κ3) is 2.38. The van der Waals surface area contributed by atoms with Crippen LogP contribution in [0.25, 0.3) is 10.9 Å². The fourth-order valence-corrected chi connectivity index (χ4v) is 2.96. The van der Waals surface area contributed by atoms with Crippen molar-refractivity contribution in [2.45, 2.75) is 6.92 Å². The number of hydrogen-bond donors (Lipinski definition) is 0. The minimum Gasteiger partial charge on any atom is -0.378 e. The fourth-order valence-electron chi connectivity index (χ4n) is 2.56. The summed E-state index contributed by atoms with van der Waals surface area (Å²) in [5.74, 6) is 0. The maximum atomic E-state index is 12.8. The molecule has 1 saturated heterocycles. The summed E-state index contributed by atoms with van der Waals surface area (Å²) in [5, 5.41) is 0.539. The number of rotatable bonds is 0. The fraction of sp³-hybridized carbons (Fsp3) is 0.333. The molecule has 1 amide bonds. The van der Waals surface area contributed by atoms with Gasteiger partial charge in [-0.3, -0.25) is 9.36 Å². The zero-order valence-electron chi connectivity index (χ0n) is 11.6. The van der Waals surface area contributed by atoms with Crippen molar-refractivity contribution >= 4 is 32.9 Å². The van der Waals surface area contributed by atoms with E-state index in [1.807, 2.05) is 6.07 Å². The Morgan fingerprint density at radius 3 is 2.62 bits per heavy atom. The number of halogens is 1. The topological polar surface area (TPSA) is 51.5 Å². The van der Waals surface area contributed by atoms with Crippen LogP contribution in [0.2, 0.25) is 0 Å². The highest BCUT2D eigenvalue weighted by Gasteiger charge is 2.22. The van der Waals surface area contributed by atoms with Gasteiger partial charge in [0.05, 0.1) is 23.2 Å². The van der Waals surface area contributed by atoms with Gasteiger partial charge < -0.3 is 9.64 Å². The van der Waals surface area contributed by atoms with Gasteiger partial charge in [-0.05, 0) is 35.0 Å². The molecule has 1 aliphatic rings. The summed E-state index contributed by atoms with van der Waals surface area (Å²) in [6.07, 6.45) is 0. The van der Waals surface area contributed by atoms with Gasteiger partial charge >= 0.3 is 6.03 Å². The highest BCUT2D eigenvalue weighted by molar-refractivity contribution is 9.10. The molecule has 5 nitrogen and oxygen atoms in total. The van der Waals surface area contributed by atoms with Gasteiger partial charge in [0, 0.05) is 24.2 Å². The molecular weight excluding hydrogens is 336 g/mol. The van der Waals surface area contributed by atoms with Crippen LogP contribution in [0.1, 0.15) is 5.69 Å². The van der Waals surface area contributed by atoms with Gasteiger partial charge in [-0.1, -0.05) is 12.1 Å². The number of carbonyl (C=O) groups excluding carboxylic acids is 1. The molecule has 2 heterocycles. The van der Waals surface area contributed by atoms with E-state index in [0.29, 0.717) is 47.4 Å². The Hall–Kier alpha value is -1.66. The molecule has 6 heteroatoms. The van der Waals surface area contributed by atoms with Crippen LogP contribution in [0.15, 0.2) is 33.5 Å². The van der Waals surface area contributed by atoms with Crippen molar-refractivity contribution in [3.63, 3.8) is 0 Å². The average Bonchev–Trinajstić information content (AvgIpc) is 2.53. The highest BCUT2D eigenvalue weighted by Crippen LogP contribution is 2.20. The van der Waals surface area contributed by atoms with E-state index in [9.17, 15) is 9.59 Å². The molecule has 0 spiro atoms. The smallest absolute Gasteiger partial charge is 0.329 e. The second-order valence-corrected chi connectivity index (χ2v) is 5.76. The number of benzene rings is 1. The van der Waals surface area contributed by atoms with Gasteiger partial charge in [-0.15, -0.1) is 0 Å². The van der Waals surface area contributed by atoms with Gasteiger partial charge in [-0.25, -0.2) is 4.79 Å². The van der Waals surface area contributed by atoms with Crippen LogP contribution >= 0.6 is 15.9 Å². The van der Waals surface area contributed by atoms with Gasteiger partial charge in [0.1, 0.15) is 0 Å². The number of pyridine rings is 1. The first kappa shape index (κ1) is 14.3. The third-order valence-corrected chi connectivity index (χ3v) is 4.65. The first-order valence-corrected chi connectivity index (χ1v) is 7.57. The van der Waals surface area contributed by atoms with Crippen molar-refractivity contribution in [2.75, 3.05) is 26.3 Å². The molecule has 110 valence electrons. The number of morpholine rings is 1. The summed E-state index contributed by atoms with van der Waals surface area (Å²) in [5.41, 5.74) is 1.17. The molecule has 0 atom stereocenters. The van der Waals surface area contributed by atoms with E-state index in [1.165, 1.54) is 0 Å². The maximum absolute atomic E-state index is 12.8.